The Morgan fingerprint density at radius 3 is 1.64 bits per heavy atom. The Morgan fingerprint density at radius 1 is 0.379 bits per heavy atom. The average Bonchev–Trinajstić information content (AvgIpc) is 3.70. The van der Waals surface area contributed by atoms with E-state index in [0.717, 1.165) is 17.1 Å². The topological polar surface area (TPSA) is 3.24 Å². The minimum absolute atomic E-state index is 0.306. The van der Waals surface area contributed by atoms with Crippen LogP contribution in [-0.4, -0.2) is 0 Å². The highest BCUT2D eigenvalue weighted by molar-refractivity contribution is 5.92. The molecule has 6 atom stereocenters. The highest BCUT2D eigenvalue weighted by Crippen LogP contribution is 2.66. The third-order valence-electron chi connectivity index (χ3n) is 15.7. The Hall–Kier alpha value is -7.74. The molecule has 0 amide bonds. The Morgan fingerprint density at radius 2 is 0.894 bits per heavy atom. The molecule has 0 radical (unpaired) electrons. The van der Waals surface area contributed by atoms with Crippen molar-refractivity contribution in [3.05, 3.63) is 316 Å². The molecule has 0 N–H and O–H groups in total. The van der Waals surface area contributed by atoms with E-state index in [2.05, 4.69) is 267 Å². The lowest BCUT2D eigenvalue weighted by Gasteiger charge is -2.49. The molecule has 0 aromatic heterocycles. The average molecular weight is 844 g/mol. The third-order valence-corrected chi connectivity index (χ3v) is 15.7. The van der Waals surface area contributed by atoms with Crippen molar-refractivity contribution in [2.24, 2.45) is 11.8 Å². The van der Waals surface area contributed by atoms with Crippen LogP contribution in [0.3, 0.4) is 0 Å². The zero-order chi connectivity index (χ0) is 43.8. The van der Waals surface area contributed by atoms with Crippen LogP contribution in [0.25, 0.3) is 11.1 Å². The summed E-state index contributed by atoms with van der Waals surface area (Å²) in [4.78, 5) is 2.45. The number of nitrogens with zero attached hydrogens (tertiary/aromatic N) is 1. The van der Waals surface area contributed by atoms with Crippen molar-refractivity contribution in [1.82, 2.24) is 0 Å². The molecule has 4 aliphatic rings. The molecular weight excluding hydrogens is 795 g/mol. The van der Waals surface area contributed by atoms with Crippen LogP contribution in [-0.2, 0) is 10.8 Å². The van der Waals surface area contributed by atoms with E-state index in [9.17, 15) is 0 Å². The molecule has 1 heteroatoms. The van der Waals surface area contributed by atoms with E-state index in [1.807, 2.05) is 0 Å². The molecule has 66 heavy (non-hydrogen) atoms. The molecule has 1 nitrogen and oxygen atoms in total. The highest BCUT2D eigenvalue weighted by atomic mass is 15.1. The Kier molecular flexibility index (Phi) is 8.90. The zero-order valence-corrected chi connectivity index (χ0v) is 37.0. The minimum atomic E-state index is -0.642. The van der Waals surface area contributed by atoms with Crippen molar-refractivity contribution < 1.29 is 0 Å². The molecule has 0 spiro atoms. The van der Waals surface area contributed by atoms with Crippen molar-refractivity contribution in [3.8, 4) is 11.1 Å². The maximum absolute atomic E-state index is 2.48. The second-order valence-corrected chi connectivity index (χ2v) is 18.7. The third kappa shape index (κ3) is 5.41. The second kappa shape index (κ2) is 15.2. The van der Waals surface area contributed by atoms with Crippen LogP contribution in [0.1, 0.15) is 80.0 Å². The van der Waals surface area contributed by atoms with Crippen molar-refractivity contribution in [2.75, 3.05) is 4.90 Å². The van der Waals surface area contributed by atoms with Crippen LogP contribution in [0, 0.1) is 11.8 Å². The molecule has 0 aliphatic heterocycles. The first kappa shape index (κ1) is 38.7. The highest BCUT2D eigenvalue weighted by Gasteiger charge is 2.57. The normalized spacial score (nSPS) is 22.6. The predicted molar refractivity (Wildman–Crippen MR) is 272 cm³/mol. The number of para-hydroxylation sites is 1. The van der Waals surface area contributed by atoms with Crippen LogP contribution in [0.2, 0.25) is 0 Å². The number of hydrogen-bond donors (Lipinski definition) is 0. The fraction of sp³-hybridized carbons (Fsp3) is 0.108. The fourth-order valence-electron chi connectivity index (χ4n) is 13.1. The molecule has 0 heterocycles. The van der Waals surface area contributed by atoms with Gasteiger partial charge in [-0.05, 0) is 121 Å². The summed E-state index contributed by atoms with van der Waals surface area (Å²) in [7, 11) is 0. The summed E-state index contributed by atoms with van der Waals surface area (Å²) in [6, 6.07) is 87.0. The lowest BCUT2D eigenvalue weighted by atomic mass is 9.51. The lowest BCUT2D eigenvalue weighted by Crippen LogP contribution is -2.44. The summed E-state index contributed by atoms with van der Waals surface area (Å²) in [6.45, 7) is 2.45. The summed E-state index contributed by atoms with van der Waals surface area (Å²) in [5.74, 6) is 1.66. The summed E-state index contributed by atoms with van der Waals surface area (Å²) in [6.07, 6.45) is 9.32. The van der Waals surface area contributed by atoms with Gasteiger partial charge in [-0.15, -0.1) is 0 Å². The fourth-order valence-corrected chi connectivity index (χ4v) is 13.1. The van der Waals surface area contributed by atoms with Gasteiger partial charge in [-0.2, -0.15) is 0 Å². The van der Waals surface area contributed by atoms with E-state index >= 15 is 0 Å². The largest absolute Gasteiger partial charge is 0.310 e. The molecule has 0 bridgehead atoms. The summed E-state index contributed by atoms with van der Waals surface area (Å²) < 4.78 is 0. The van der Waals surface area contributed by atoms with Gasteiger partial charge in [0.15, 0.2) is 0 Å². The van der Waals surface area contributed by atoms with E-state index in [1.165, 1.54) is 72.3 Å². The number of benzene rings is 9. The molecule has 0 fully saturated rings. The van der Waals surface area contributed by atoms with Crippen LogP contribution in [0.15, 0.2) is 255 Å². The number of anilines is 3. The molecular formula is C65H49N. The van der Waals surface area contributed by atoms with E-state index in [1.54, 1.807) is 0 Å². The molecule has 4 aliphatic carbocycles. The molecule has 9 aromatic carbocycles. The quantitative estimate of drug-likeness (QED) is 0.154. The van der Waals surface area contributed by atoms with E-state index in [0.29, 0.717) is 23.7 Å². The van der Waals surface area contributed by atoms with Gasteiger partial charge in [-0.1, -0.05) is 225 Å². The van der Waals surface area contributed by atoms with Crippen molar-refractivity contribution in [2.45, 2.75) is 29.6 Å². The standard InChI is InChI=1S/C65H49N/c1-44-52-29-11-12-30-53(52)54-31-13-14-33-56(54)62(44)45-39-41-50(42-40-45)66(49-26-9-4-10-27-49)51-28-19-25-48(43-51)64(46-21-5-2-6-22-46)59-36-17-18-37-60(59)65(47-23-7-3-8-24-47)58-35-16-15-32-55(58)57-34-20-38-61(64)63(57)65/h2-44,52-53,62H,1H3. The van der Waals surface area contributed by atoms with Gasteiger partial charge in [0.05, 0.1) is 10.8 Å². The van der Waals surface area contributed by atoms with Gasteiger partial charge in [-0.3, -0.25) is 0 Å². The van der Waals surface area contributed by atoms with Crippen molar-refractivity contribution >= 4 is 17.1 Å². The smallest absolute Gasteiger partial charge is 0.0720 e. The molecule has 0 saturated heterocycles. The second-order valence-electron chi connectivity index (χ2n) is 18.7. The number of fused-ring (bicyclic) bond motifs is 8. The van der Waals surface area contributed by atoms with Gasteiger partial charge < -0.3 is 4.90 Å². The van der Waals surface area contributed by atoms with Gasteiger partial charge in [-0.25, -0.2) is 0 Å². The monoisotopic (exact) mass is 843 g/mol. The first-order valence-electron chi connectivity index (χ1n) is 23.6. The summed E-state index contributed by atoms with van der Waals surface area (Å²) in [5, 5.41) is 0. The Labute approximate surface area is 388 Å². The van der Waals surface area contributed by atoms with Crippen LogP contribution in [0.4, 0.5) is 17.1 Å². The first-order valence-corrected chi connectivity index (χ1v) is 23.6. The summed E-state index contributed by atoms with van der Waals surface area (Å²) in [5.41, 5.74) is 19.6. The molecule has 6 unspecified atom stereocenters. The maximum atomic E-state index is 2.48. The van der Waals surface area contributed by atoms with Gasteiger partial charge in [0.25, 0.3) is 0 Å². The molecule has 314 valence electrons. The van der Waals surface area contributed by atoms with Gasteiger partial charge in [0, 0.05) is 28.9 Å². The minimum Gasteiger partial charge on any atom is -0.310 e. The summed E-state index contributed by atoms with van der Waals surface area (Å²) >= 11 is 0. The van der Waals surface area contributed by atoms with Crippen LogP contribution in [0.5, 0.6) is 0 Å². The molecule has 9 aromatic rings. The van der Waals surface area contributed by atoms with Crippen LogP contribution < -0.4 is 4.90 Å². The van der Waals surface area contributed by atoms with E-state index in [4.69, 9.17) is 0 Å². The van der Waals surface area contributed by atoms with E-state index in [-0.39, 0.29) is 0 Å². The number of rotatable bonds is 7. The molecule has 13 rings (SSSR count). The van der Waals surface area contributed by atoms with Gasteiger partial charge in [0.2, 0.25) is 0 Å². The lowest BCUT2D eigenvalue weighted by molar-refractivity contribution is 0.331. The zero-order valence-electron chi connectivity index (χ0n) is 37.0. The van der Waals surface area contributed by atoms with E-state index < -0.39 is 10.8 Å². The SMILES string of the molecule is CC1C(c2ccc(N(c3ccccc3)c3cccc(C4(c5ccccc5)c5ccccc5C5(c6ccccc6)c6ccccc6-c6cccc4c65)c3)cc2)c2ccccc2C2C=CC=CC21. The van der Waals surface area contributed by atoms with Gasteiger partial charge in [0.1, 0.15) is 0 Å². The van der Waals surface area contributed by atoms with Crippen molar-refractivity contribution in [3.63, 3.8) is 0 Å². The number of hydrogen-bond acceptors (Lipinski definition) is 1. The van der Waals surface area contributed by atoms with Gasteiger partial charge >= 0.3 is 0 Å². The molecule has 0 saturated carbocycles. The first-order chi connectivity index (χ1) is 32.7. The van der Waals surface area contributed by atoms with Crippen LogP contribution >= 0.6 is 0 Å². The predicted octanol–water partition coefficient (Wildman–Crippen LogP) is 15.8. The number of allylic oxidation sites excluding steroid dienone is 4. The van der Waals surface area contributed by atoms with Crippen molar-refractivity contribution in [1.29, 1.82) is 0 Å². The Balaban J connectivity index is 1.02. The Bertz CT molecular complexity index is 3350. The maximum Gasteiger partial charge on any atom is 0.0720 e.